The molecular formula is C16H23NSn. The Labute approximate surface area is 115 Å². The third-order valence-corrected chi connectivity index (χ3v) is 16.8. The molecule has 0 fully saturated rings. The fourth-order valence-electron chi connectivity index (χ4n) is 2.57. The SMILES string of the molecule is C=C[CH2][Sn]([CH2]C=C)([CH2]C=C)[c]1cc(C)nc(C)c1. The number of aryl methyl sites for hydroxylation is 2. The van der Waals surface area contributed by atoms with Crippen LogP contribution >= 0.6 is 0 Å². The van der Waals surface area contributed by atoms with Crippen molar-refractivity contribution < 1.29 is 0 Å². The predicted molar refractivity (Wildman–Crippen MR) is 84.1 cm³/mol. The topological polar surface area (TPSA) is 12.9 Å². The molecule has 1 heterocycles. The Balaban J connectivity index is 3.32. The summed E-state index contributed by atoms with van der Waals surface area (Å²) in [6.07, 6.45) is 6.23. The van der Waals surface area contributed by atoms with Crippen molar-refractivity contribution in [2.75, 3.05) is 0 Å². The Morgan fingerprint density at radius 2 is 1.33 bits per heavy atom. The van der Waals surface area contributed by atoms with Crippen molar-refractivity contribution in [1.82, 2.24) is 4.98 Å². The van der Waals surface area contributed by atoms with E-state index in [2.05, 4.69) is 68.9 Å². The molecule has 2 heteroatoms. The molecule has 0 saturated heterocycles. The summed E-state index contributed by atoms with van der Waals surface area (Å²) in [6, 6.07) is 4.53. The molecule has 0 N–H and O–H groups in total. The van der Waals surface area contributed by atoms with Crippen molar-refractivity contribution in [3.63, 3.8) is 0 Å². The van der Waals surface area contributed by atoms with Crippen LogP contribution in [0.5, 0.6) is 0 Å². The summed E-state index contributed by atoms with van der Waals surface area (Å²) in [4.78, 5) is 4.48. The van der Waals surface area contributed by atoms with Crippen molar-refractivity contribution in [3.8, 4) is 0 Å². The van der Waals surface area contributed by atoms with Gasteiger partial charge in [-0.25, -0.2) is 0 Å². The summed E-state index contributed by atoms with van der Waals surface area (Å²) >= 11 is -2.48. The van der Waals surface area contributed by atoms with Crippen LogP contribution in [0.3, 0.4) is 0 Å². The van der Waals surface area contributed by atoms with E-state index in [0.29, 0.717) is 0 Å². The monoisotopic (exact) mass is 349 g/mol. The Hall–Kier alpha value is -0.831. The maximum absolute atomic E-state index is 4.48. The standard InChI is InChI=1S/C7H8N.3C3H5.Sn/c1-6-4-3-5-7(2)8-6;3*1-3-2;/h4-5H,1-2H3;3*3H,1-2H2;. The van der Waals surface area contributed by atoms with Crippen LogP contribution in [0.25, 0.3) is 0 Å². The van der Waals surface area contributed by atoms with Gasteiger partial charge in [-0.05, 0) is 0 Å². The number of aromatic nitrogens is 1. The van der Waals surface area contributed by atoms with Gasteiger partial charge in [0.05, 0.1) is 0 Å². The van der Waals surface area contributed by atoms with E-state index < -0.39 is 18.4 Å². The third kappa shape index (κ3) is 3.58. The summed E-state index contributed by atoms with van der Waals surface area (Å²) in [6.45, 7) is 16.0. The first-order chi connectivity index (χ1) is 8.57. The summed E-state index contributed by atoms with van der Waals surface area (Å²) in [5.74, 6) is 0. The molecule has 0 aromatic carbocycles. The van der Waals surface area contributed by atoms with Gasteiger partial charge in [0, 0.05) is 0 Å². The molecule has 18 heavy (non-hydrogen) atoms. The number of nitrogens with zero attached hydrogens (tertiary/aromatic N) is 1. The molecule has 0 radical (unpaired) electrons. The minimum absolute atomic E-state index is 1.11. The average Bonchev–Trinajstić information content (AvgIpc) is 2.28. The zero-order valence-electron chi connectivity index (χ0n) is 11.6. The van der Waals surface area contributed by atoms with Crippen LogP contribution < -0.4 is 3.58 Å². The van der Waals surface area contributed by atoms with E-state index >= 15 is 0 Å². The van der Waals surface area contributed by atoms with Crippen molar-refractivity contribution in [2.24, 2.45) is 0 Å². The summed E-state index contributed by atoms with van der Waals surface area (Å²) in [7, 11) is 0. The second-order valence-corrected chi connectivity index (χ2v) is 17.3. The van der Waals surface area contributed by atoms with Crippen LogP contribution in [-0.4, -0.2) is 23.4 Å². The van der Waals surface area contributed by atoms with Crippen molar-refractivity contribution >= 4 is 22.0 Å². The first-order valence-electron chi connectivity index (χ1n) is 6.36. The molecule has 0 amide bonds. The first-order valence-corrected chi connectivity index (χ1v) is 13.8. The van der Waals surface area contributed by atoms with Crippen molar-refractivity contribution in [3.05, 3.63) is 61.5 Å². The molecule has 0 saturated carbocycles. The number of rotatable bonds is 7. The first kappa shape index (κ1) is 15.2. The van der Waals surface area contributed by atoms with Crippen LogP contribution in [-0.2, 0) is 0 Å². The molecule has 96 valence electrons. The van der Waals surface area contributed by atoms with Gasteiger partial charge in [-0.15, -0.1) is 0 Å². The normalized spacial score (nSPS) is 11.0. The Kier molecular flexibility index (Phi) is 5.86. The fourth-order valence-corrected chi connectivity index (χ4v) is 13.7. The van der Waals surface area contributed by atoms with E-state index in [4.69, 9.17) is 0 Å². The van der Waals surface area contributed by atoms with Crippen molar-refractivity contribution in [2.45, 2.75) is 27.2 Å². The van der Waals surface area contributed by atoms with Gasteiger partial charge in [0.1, 0.15) is 0 Å². The van der Waals surface area contributed by atoms with E-state index in [1.54, 1.807) is 0 Å². The van der Waals surface area contributed by atoms with Crippen LogP contribution in [0.1, 0.15) is 11.4 Å². The molecule has 0 spiro atoms. The van der Waals surface area contributed by atoms with E-state index in [1.807, 2.05) is 0 Å². The molecular weight excluding hydrogens is 325 g/mol. The maximum atomic E-state index is 4.48. The van der Waals surface area contributed by atoms with Gasteiger partial charge >= 0.3 is 116 Å². The third-order valence-electron chi connectivity index (χ3n) is 3.30. The molecule has 0 unspecified atom stereocenters. The molecule has 0 atom stereocenters. The molecule has 0 bridgehead atoms. The number of hydrogen-bond acceptors (Lipinski definition) is 1. The molecule has 1 aromatic heterocycles. The fraction of sp³-hybridized carbons (Fsp3) is 0.312. The van der Waals surface area contributed by atoms with Gasteiger partial charge in [0.25, 0.3) is 0 Å². The predicted octanol–water partition coefficient (Wildman–Crippen LogP) is 3.91. The van der Waals surface area contributed by atoms with E-state index in [1.165, 1.54) is 3.58 Å². The number of hydrogen-bond donors (Lipinski definition) is 0. The zero-order chi connectivity index (χ0) is 13.6. The number of allylic oxidation sites excluding steroid dienone is 3. The van der Waals surface area contributed by atoms with E-state index in [9.17, 15) is 0 Å². The van der Waals surface area contributed by atoms with E-state index in [-0.39, 0.29) is 0 Å². The van der Waals surface area contributed by atoms with Crippen LogP contribution in [0.2, 0.25) is 13.3 Å². The van der Waals surface area contributed by atoms with Gasteiger partial charge in [-0.2, -0.15) is 0 Å². The quantitative estimate of drug-likeness (QED) is 0.538. The van der Waals surface area contributed by atoms with Crippen LogP contribution in [0.4, 0.5) is 0 Å². The summed E-state index contributed by atoms with van der Waals surface area (Å²) < 4.78 is 4.93. The Morgan fingerprint density at radius 3 is 1.67 bits per heavy atom. The molecule has 0 aliphatic rings. The van der Waals surface area contributed by atoms with Gasteiger partial charge in [0.2, 0.25) is 0 Å². The second kappa shape index (κ2) is 6.93. The molecule has 0 aliphatic heterocycles. The average molecular weight is 348 g/mol. The summed E-state index contributed by atoms with van der Waals surface area (Å²) in [5.41, 5.74) is 2.23. The van der Waals surface area contributed by atoms with E-state index in [0.717, 1.165) is 24.7 Å². The summed E-state index contributed by atoms with van der Waals surface area (Å²) in [5, 5.41) is 0. The van der Waals surface area contributed by atoms with Gasteiger partial charge in [0.15, 0.2) is 0 Å². The van der Waals surface area contributed by atoms with Gasteiger partial charge < -0.3 is 0 Å². The Bertz CT molecular complexity index is 402. The molecule has 1 rings (SSSR count). The zero-order valence-corrected chi connectivity index (χ0v) is 14.4. The number of pyridine rings is 1. The molecule has 0 aliphatic carbocycles. The van der Waals surface area contributed by atoms with Crippen LogP contribution in [0, 0.1) is 13.8 Å². The van der Waals surface area contributed by atoms with Gasteiger partial charge in [-0.3, -0.25) is 0 Å². The molecule has 1 aromatic rings. The molecule has 1 nitrogen and oxygen atoms in total. The second-order valence-electron chi connectivity index (χ2n) is 4.90. The van der Waals surface area contributed by atoms with Gasteiger partial charge in [-0.1, -0.05) is 0 Å². The van der Waals surface area contributed by atoms with Crippen molar-refractivity contribution in [1.29, 1.82) is 0 Å². The van der Waals surface area contributed by atoms with Crippen LogP contribution in [0.15, 0.2) is 50.1 Å². The Morgan fingerprint density at radius 1 is 0.944 bits per heavy atom. The minimum atomic E-state index is -2.48.